The van der Waals surface area contributed by atoms with Crippen LogP contribution < -0.4 is 5.32 Å². The molecule has 0 fully saturated rings. The number of phenols is 2. The first-order valence-electron chi connectivity index (χ1n) is 6.60. The first-order valence-corrected chi connectivity index (χ1v) is 6.60. The third-order valence-corrected chi connectivity index (χ3v) is 3.51. The Morgan fingerprint density at radius 2 is 2.17 bits per heavy atom. The zero-order valence-electron chi connectivity index (χ0n) is 10.8. The van der Waals surface area contributed by atoms with Crippen molar-refractivity contribution in [3.05, 3.63) is 35.4 Å². The van der Waals surface area contributed by atoms with Crippen LogP contribution >= 0.6 is 0 Å². The van der Waals surface area contributed by atoms with Crippen LogP contribution in [-0.4, -0.2) is 16.8 Å². The highest BCUT2D eigenvalue weighted by atomic mass is 16.3. The molecule has 0 amide bonds. The fourth-order valence-corrected chi connectivity index (χ4v) is 2.41. The molecule has 18 heavy (non-hydrogen) atoms. The molecule has 98 valence electrons. The van der Waals surface area contributed by atoms with E-state index in [1.807, 2.05) is 6.92 Å². The molecule has 1 atom stereocenters. The second kappa shape index (κ2) is 5.91. The van der Waals surface area contributed by atoms with Crippen LogP contribution in [0.2, 0.25) is 0 Å². The van der Waals surface area contributed by atoms with Gasteiger partial charge in [-0.1, -0.05) is 11.6 Å². The molecule has 0 radical (unpaired) electrons. The van der Waals surface area contributed by atoms with E-state index in [4.69, 9.17) is 0 Å². The zero-order chi connectivity index (χ0) is 13.0. The van der Waals surface area contributed by atoms with Crippen LogP contribution in [0, 0.1) is 0 Å². The molecular weight excluding hydrogens is 226 g/mol. The summed E-state index contributed by atoms with van der Waals surface area (Å²) in [5.41, 5.74) is 2.28. The Labute approximate surface area is 108 Å². The van der Waals surface area contributed by atoms with Crippen LogP contribution in [0.4, 0.5) is 0 Å². The molecule has 2 rings (SSSR count). The molecule has 0 heterocycles. The number of benzene rings is 1. The molecule has 3 nitrogen and oxygen atoms in total. The van der Waals surface area contributed by atoms with Crippen LogP contribution in [0.25, 0.3) is 0 Å². The highest BCUT2D eigenvalue weighted by Gasteiger charge is 2.11. The first kappa shape index (κ1) is 13.0. The normalized spacial score (nSPS) is 16.6. The highest BCUT2D eigenvalue weighted by Crippen LogP contribution is 2.28. The molecule has 3 heteroatoms. The molecule has 0 bridgehead atoms. The van der Waals surface area contributed by atoms with Crippen molar-refractivity contribution in [3.8, 4) is 11.5 Å². The van der Waals surface area contributed by atoms with Crippen molar-refractivity contribution in [2.75, 3.05) is 6.54 Å². The van der Waals surface area contributed by atoms with Gasteiger partial charge in [0.1, 0.15) is 11.5 Å². The van der Waals surface area contributed by atoms with Gasteiger partial charge in [0.2, 0.25) is 0 Å². The van der Waals surface area contributed by atoms with Crippen LogP contribution in [0.3, 0.4) is 0 Å². The van der Waals surface area contributed by atoms with Gasteiger partial charge in [-0.15, -0.1) is 0 Å². The molecule has 0 saturated heterocycles. The standard InChI is InChI=1S/C15H21NO2/c1-11(14-10-13(17)6-7-15(14)18)16-9-8-12-4-2-3-5-12/h4,6-7,10-11,16-18H,2-3,5,8-9H2,1H3. The largest absolute Gasteiger partial charge is 0.508 e. The van der Waals surface area contributed by atoms with Crippen molar-refractivity contribution in [1.82, 2.24) is 5.32 Å². The monoisotopic (exact) mass is 247 g/mol. The van der Waals surface area contributed by atoms with E-state index >= 15 is 0 Å². The van der Waals surface area contributed by atoms with Crippen molar-refractivity contribution in [2.24, 2.45) is 0 Å². The van der Waals surface area contributed by atoms with Gasteiger partial charge in [0.05, 0.1) is 0 Å². The lowest BCUT2D eigenvalue weighted by atomic mass is 10.1. The molecule has 1 aromatic carbocycles. The van der Waals surface area contributed by atoms with Crippen molar-refractivity contribution < 1.29 is 10.2 Å². The lowest BCUT2D eigenvalue weighted by Gasteiger charge is -2.16. The maximum atomic E-state index is 9.75. The van der Waals surface area contributed by atoms with Gasteiger partial charge in [-0.25, -0.2) is 0 Å². The molecule has 0 aliphatic heterocycles. The molecule has 0 spiro atoms. The van der Waals surface area contributed by atoms with Gasteiger partial charge < -0.3 is 15.5 Å². The van der Waals surface area contributed by atoms with Crippen molar-refractivity contribution in [1.29, 1.82) is 0 Å². The smallest absolute Gasteiger partial charge is 0.120 e. The van der Waals surface area contributed by atoms with Gasteiger partial charge in [0.15, 0.2) is 0 Å². The van der Waals surface area contributed by atoms with E-state index in [0.717, 1.165) is 18.5 Å². The van der Waals surface area contributed by atoms with E-state index < -0.39 is 0 Å². The molecule has 0 saturated carbocycles. The SMILES string of the molecule is CC(NCCC1=CCCC1)c1cc(O)ccc1O. The van der Waals surface area contributed by atoms with E-state index in [1.54, 1.807) is 6.07 Å². The minimum atomic E-state index is 0.0408. The van der Waals surface area contributed by atoms with Gasteiger partial charge in [0, 0.05) is 11.6 Å². The molecule has 1 aliphatic rings. The summed E-state index contributed by atoms with van der Waals surface area (Å²) in [5, 5.41) is 22.6. The molecular formula is C15H21NO2. The number of phenolic OH excluding ortho intramolecular Hbond substituents is 2. The summed E-state index contributed by atoms with van der Waals surface area (Å²) < 4.78 is 0. The second-order valence-corrected chi connectivity index (χ2v) is 4.92. The average Bonchev–Trinajstić information content (AvgIpc) is 2.85. The number of hydrogen-bond donors (Lipinski definition) is 3. The van der Waals surface area contributed by atoms with Crippen LogP contribution in [0.1, 0.15) is 44.2 Å². The summed E-state index contributed by atoms with van der Waals surface area (Å²) >= 11 is 0. The van der Waals surface area contributed by atoms with Crippen molar-refractivity contribution >= 4 is 0 Å². The minimum Gasteiger partial charge on any atom is -0.508 e. The molecule has 0 aromatic heterocycles. The number of rotatable bonds is 5. The average molecular weight is 247 g/mol. The van der Waals surface area contributed by atoms with E-state index in [0.29, 0.717) is 0 Å². The van der Waals surface area contributed by atoms with Gasteiger partial charge >= 0.3 is 0 Å². The summed E-state index contributed by atoms with van der Waals surface area (Å²) in [6.07, 6.45) is 7.14. The van der Waals surface area contributed by atoms with Crippen LogP contribution in [-0.2, 0) is 0 Å². The first-order chi connectivity index (χ1) is 8.66. The Balaban J connectivity index is 1.86. The number of aromatic hydroxyl groups is 2. The predicted molar refractivity (Wildman–Crippen MR) is 72.7 cm³/mol. The lowest BCUT2D eigenvalue weighted by molar-refractivity contribution is 0.441. The van der Waals surface area contributed by atoms with Crippen LogP contribution in [0.5, 0.6) is 11.5 Å². The quantitative estimate of drug-likeness (QED) is 0.553. The van der Waals surface area contributed by atoms with Crippen molar-refractivity contribution in [2.45, 2.75) is 38.6 Å². The topological polar surface area (TPSA) is 52.5 Å². The van der Waals surface area contributed by atoms with E-state index in [9.17, 15) is 10.2 Å². The van der Waals surface area contributed by atoms with Crippen molar-refractivity contribution in [3.63, 3.8) is 0 Å². The van der Waals surface area contributed by atoms with Gasteiger partial charge in [-0.3, -0.25) is 0 Å². The third kappa shape index (κ3) is 3.26. The Bertz CT molecular complexity index is 440. The maximum absolute atomic E-state index is 9.75. The fourth-order valence-electron chi connectivity index (χ4n) is 2.41. The summed E-state index contributed by atoms with van der Waals surface area (Å²) in [4.78, 5) is 0. The Morgan fingerprint density at radius 1 is 1.33 bits per heavy atom. The Morgan fingerprint density at radius 3 is 2.89 bits per heavy atom. The predicted octanol–water partition coefficient (Wildman–Crippen LogP) is 3.25. The minimum absolute atomic E-state index is 0.0408. The van der Waals surface area contributed by atoms with E-state index in [1.165, 1.54) is 37.0 Å². The maximum Gasteiger partial charge on any atom is 0.120 e. The Kier molecular flexibility index (Phi) is 4.26. The molecule has 1 unspecified atom stereocenters. The molecule has 1 aromatic rings. The number of nitrogens with one attached hydrogen (secondary N) is 1. The van der Waals surface area contributed by atoms with Gasteiger partial charge in [-0.2, -0.15) is 0 Å². The van der Waals surface area contributed by atoms with E-state index in [-0.39, 0.29) is 17.5 Å². The third-order valence-electron chi connectivity index (χ3n) is 3.51. The van der Waals surface area contributed by atoms with Gasteiger partial charge in [-0.05, 0) is 57.4 Å². The molecule has 3 N–H and O–H groups in total. The van der Waals surface area contributed by atoms with E-state index in [2.05, 4.69) is 11.4 Å². The fraction of sp³-hybridized carbons (Fsp3) is 0.467. The van der Waals surface area contributed by atoms with Gasteiger partial charge in [0.25, 0.3) is 0 Å². The summed E-state index contributed by atoms with van der Waals surface area (Å²) in [7, 11) is 0. The summed E-state index contributed by atoms with van der Waals surface area (Å²) in [6, 6.07) is 4.68. The Hall–Kier alpha value is -1.48. The number of allylic oxidation sites excluding steroid dienone is 1. The summed E-state index contributed by atoms with van der Waals surface area (Å²) in [5.74, 6) is 0.419. The number of hydrogen-bond acceptors (Lipinski definition) is 3. The summed E-state index contributed by atoms with van der Waals surface area (Å²) in [6.45, 7) is 2.90. The highest BCUT2D eigenvalue weighted by molar-refractivity contribution is 5.40. The zero-order valence-corrected chi connectivity index (χ0v) is 10.8. The van der Waals surface area contributed by atoms with Crippen LogP contribution in [0.15, 0.2) is 29.8 Å². The lowest BCUT2D eigenvalue weighted by Crippen LogP contribution is -2.20. The second-order valence-electron chi connectivity index (χ2n) is 4.92. The molecule has 1 aliphatic carbocycles.